The first-order chi connectivity index (χ1) is 9.81. The minimum atomic E-state index is -3.95. The van der Waals surface area contributed by atoms with Gasteiger partial charge in [-0.25, -0.2) is 22.2 Å². The maximum atomic E-state index is 13.7. The second-order valence-corrected chi connectivity index (χ2v) is 7.06. The van der Waals surface area contributed by atoms with Gasteiger partial charge < -0.3 is 4.57 Å². The van der Waals surface area contributed by atoms with Crippen LogP contribution in [0.25, 0.3) is 0 Å². The minimum absolute atomic E-state index is 0.0564. The first kappa shape index (κ1) is 15.9. The molecule has 0 aliphatic heterocycles. The standard InChI is InChI=1S/C13H13ClF2N2O2S/c1-2-3-12-17-13(21(14,19)20)8-18(12)7-9-4-5-10(15)6-11(9)16/h4-6,8H,2-3,7H2,1H3. The monoisotopic (exact) mass is 334 g/mol. The Kier molecular flexibility index (Phi) is 4.63. The first-order valence-electron chi connectivity index (χ1n) is 6.26. The van der Waals surface area contributed by atoms with E-state index in [0.29, 0.717) is 12.2 Å². The van der Waals surface area contributed by atoms with Gasteiger partial charge in [-0.2, -0.15) is 0 Å². The minimum Gasteiger partial charge on any atom is -0.329 e. The van der Waals surface area contributed by atoms with Gasteiger partial charge in [0.15, 0.2) is 5.03 Å². The van der Waals surface area contributed by atoms with Crippen LogP contribution in [0.3, 0.4) is 0 Å². The molecule has 0 amide bonds. The lowest BCUT2D eigenvalue weighted by molar-refractivity contribution is 0.563. The van der Waals surface area contributed by atoms with Crippen molar-refractivity contribution in [3.05, 3.63) is 47.4 Å². The maximum absolute atomic E-state index is 13.7. The summed E-state index contributed by atoms with van der Waals surface area (Å²) >= 11 is 0. The van der Waals surface area contributed by atoms with Gasteiger partial charge in [0, 0.05) is 34.9 Å². The zero-order valence-electron chi connectivity index (χ0n) is 11.2. The van der Waals surface area contributed by atoms with Crippen LogP contribution in [-0.2, 0) is 22.0 Å². The number of imidazole rings is 1. The molecule has 1 heterocycles. The van der Waals surface area contributed by atoms with E-state index in [9.17, 15) is 17.2 Å². The Morgan fingerprint density at radius 3 is 2.62 bits per heavy atom. The Hall–Kier alpha value is -1.47. The highest BCUT2D eigenvalue weighted by Crippen LogP contribution is 2.18. The smallest absolute Gasteiger partial charge is 0.280 e. The molecule has 0 bridgehead atoms. The van der Waals surface area contributed by atoms with E-state index >= 15 is 0 Å². The zero-order valence-corrected chi connectivity index (χ0v) is 12.8. The molecular formula is C13H13ClF2N2O2S. The van der Waals surface area contributed by atoms with E-state index in [0.717, 1.165) is 18.6 Å². The van der Waals surface area contributed by atoms with Crippen molar-refractivity contribution in [3.8, 4) is 0 Å². The van der Waals surface area contributed by atoms with Crippen LogP contribution in [0.5, 0.6) is 0 Å². The normalized spacial score (nSPS) is 11.8. The van der Waals surface area contributed by atoms with Crippen LogP contribution in [-0.4, -0.2) is 18.0 Å². The van der Waals surface area contributed by atoms with E-state index in [-0.39, 0.29) is 17.1 Å². The third-order valence-electron chi connectivity index (χ3n) is 2.92. The van der Waals surface area contributed by atoms with Crippen LogP contribution in [0.15, 0.2) is 29.4 Å². The van der Waals surface area contributed by atoms with Crippen LogP contribution in [0, 0.1) is 11.6 Å². The van der Waals surface area contributed by atoms with Crippen molar-refractivity contribution >= 4 is 19.7 Å². The molecule has 4 nitrogen and oxygen atoms in total. The zero-order chi connectivity index (χ0) is 15.6. The van der Waals surface area contributed by atoms with Crippen molar-refractivity contribution < 1.29 is 17.2 Å². The van der Waals surface area contributed by atoms with Gasteiger partial charge in [-0.3, -0.25) is 0 Å². The molecule has 1 aromatic carbocycles. The summed E-state index contributed by atoms with van der Waals surface area (Å²) in [6, 6.07) is 3.24. The lowest BCUT2D eigenvalue weighted by Gasteiger charge is -2.08. The molecular weight excluding hydrogens is 322 g/mol. The van der Waals surface area contributed by atoms with Crippen molar-refractivity contribution in [2.24, 2.45) is 0 Å². The second kappa shape index (κ2) is 6.11. The summed E-state index contributed by atoms with van der Waals surface area (Å²) in [6.45, 7) is 1.97. The van der Waals surface area contributed by atoms with Gasteiger partial charge in [-0.1, -0.05) is 13.0 Å². The summed E-state index contributed by atoms with van der Waals surface area (Å²) < 4.78 is 50.7. The summed E-state index contributed by atoms with van der Waals surface area (Å²) in [7, 11) is 1.33. The molecule has 0 fully saturated rings. The molecule has 2 rings (SSSR count). The molecule has 114 valence electrons. The van der Waals surface area contributed by atoms with E-state index in [2.05, 4.69) is 4.98 Å². The fraction of sp³-hybridized carbons (Fsp3) is 0.308. The average molecular weight is 335 g/mol. The van der Waals surface area contributed by atoms with Crippen molar-refractivity contribution in [1.29, 1.82) is 0 Å². The largest absolute Gasteiger partial charge is 0.329 e. The molecule has 0 aliphatic carbocycles. The quantitative estimate of drug-likeness (QED) is 0.789. The highest BCUT2D eigenvalue weighted by atomic mass is 35.7. The van der Waals surface area contributed by atoms with E-state index in [1.54, 1.807) is 0 Å². The number of benzene rings is 1. The number of aromatic nitrogens is 2. The van der Waals surface area contributed by atoms with Gasteiger partial charge in [-0.15, -0.1) is 0 Å². The summed E-state index contributed by atoms with van der Waals surface area (Å²) in [5.41, 5.74) is 0.240. The topological polar surface area (TPSA) is 52.0 Å². The van der Waals surface area contributed by atoms with E-state index in [1.807, 2.05) is 6.92 Å². The Balaban J connectivity index is 2.40. The van der Waals surface area contributed by atoms with Crippen molar-refractivity contribution in [2.45, 2.75) is 31.3 Å². The molecule has 2 aromatic rings. The van der Waals surface area contributed by atoms with E-state index in [4.69, 9.17) is 10.7 Å². The lowest BCUT2D eigenvalue weighted by Crippen LogP contribution is -2.06. The molecule has 0 radical (unpaired) electrons. The molecule has 0 aliphatic rings. The predicted molar refractivity (Wildman–Crippen MR) is 74.7 cm³/mol. The van der Waals surface area contributed by atoms with E-state index in [1.165, 1.54) is 16.8 Å². The van der Waals surface area contributed by atoms with Gasteiger partial charge >= 0.3 is 0 Å². The Morgan fingerprint density at radius 1 is 1.33 bits per heavy atom. The molecule has 0 saturated heterocycles. The highest BCUT2D eigenvalue weighted by Gasteiger charge is 2.18. The molecule has 0 atom stereocenters. The van der Waals surface area contributed by atoms with Gasteiger partial charge in [0.2, 0.25) is 0 Å². The second-order valence-electron chi connectivity index (χ2n) is 4.55. The number of nitrogens with zero attached hydrogens (tertiary/aromatic N) is 2. The number of hydrogen-bond acceptors (Lipinski definition) is 3. The fourth-order valence-corrected chi connectivity index (χ4v) is 2.63. The van der Waals surface area contributed by atoms with Crippen LogP contribution in [0.4, 0.5) is 8.78 Å². The Morgan fingerprint density at radius 2 is 2.05 bits per heavy atom. The third-order valence-corrected chi connectivity index (χ3v) is 4.09. The van der Waals surface area contributed by atoms with Crippen LogP contribution < -0.4 is 0 Å². The number of rotatable bonds is 5. The SMILES string of the molecule is CCCc1nc(S(=O)(=O)Cl)cn1Cc1ccc(F)cc1F. The fourth-order valence-electron chi connectivity index (χ4n) is 1.94. The molecule has 0 N–H and O–H groups in total. The third kappa shape index (κ3) is 3.79. The van der Waals surface area contributed by atoms with Gasteiger partial charge in [0.25, 0.3) is 9.05 Å². The summed E-state index contributed by atoms with van der Waals surface area (Å²) in [5, 5.41) is -0.268. The molecule has 21 heavy (non-hydrogen) atoms. The van der Waals surface area contributed by atoms with Gasteiger partial charge in [0.05, 0.1) is 6.54 Å². The molecule has 1 aromatic heterocycles. The Bertz CT molecular complexity index is 760. The number of aryl methyl sites for hydroxylation is 1. The molecule has 0 saturated carbocycles. The predicted octanol–water partition coefficient (Wildman–Crippen LogP) is 3.09. The lowest BCUT2D eigenvalue weighted by atomic mass is 10.2. The maximum Gasteiger partial charge on any atom is 0.280 e. The molecule has 8 heteroatoms. The molecule has 0 spiro atoms. The van der Waals surface area contributed by atoms with Crippen LogP contribution in [0.2, 0.25) is 0 Å². The van der Waals surface area contributed by atoms with Crippen LogP contribution in [0.1, 0.15) is 24.7 Å². The number of hydrogen-bond donors (Lipinski definition) is 0. The summed E-state index contributed by atoms with van der Waals surface area (Å²) in [6.07, 6.45) is 2.52. The van der Waals surface area contributed by atoms with Crippen molar-refractivity contribution in [1.82, 2.24) is 9.55 Å². The van der Waals surface area contributed by atoms with Crippen LogP contribution >= 0.6 is 10.7 Å². The number of halogens is 3. The van der Waals surface area contributed by atoms with Gasteiger partial charge in [-0.05, 0) is 12.5 Å². The van der Waals surface area contributed by atoms with E-state index < -0.39 is 20.7 Å². The first-order valence-corrected chi connectivity index (χ1v) is 8.57. The summed E-state index contributed by atoms with van der Waals surface area (Å²) in [4.78, 5) is 3.96. The van der Waals surface area contributed by atoms with Crippen molar-refractivity contribution in [3.63, 3.8) is 0 Å². The van der Waals surface area contributed by atoms with Crippen molar-refractivity contribution in [2.75, 3.05) is 0 Å². The average Bonchev–Trinajstić information content (AvgIpc) is 2.76. The van der Waals surface area contributed by atoms with Gasteiger partial charge in [0.1, 0.15) is 17.5 Å². The summed E-state index contributed by atoms with van der Waals surface area (Å²) in [5.74, 6) is -0.874. The molecule has 0 unspecified atom stereocenters. The Labute approximate surface area is 125 Å². The highest BCUT2D eigenvalue weighted by molar-refractivity contribution is 8.13.